The van der Waals surface area contributed by atoms with E-state index in [9.17, 15) is 0 Å². The van der Waals surface area contributed by atoms with Crippen molar-refractivity contribution in [3.05, 3.63) is 30.5 Å². The van der Waals surface area contributed by atoms with Crippen LogP contribution < -0.4 is 4.74 Å². The Bertz CT molecular complexity index is 490. The quantitative estimate of drug-likeness (QED) is 0.762. The minimum absolute atomic E-state index is 0.309. The van der Waals surface area contributed by atoms with Gasteiger partial charge in [-0.1, -0.05) is 18.9 Å². The summed E-state index contributed by atoms with van der Waals surface area (Å²) in [6.45, 7) is 1.34. The lowest BCUT2D eigenvalue weighted by molar-refractivity contribution is 0.282. The molecule has 18 heavy (non-hydrogen) atoms. The average Bonchev–Trinajstić information content (AvgIpc) is 2.82. The highest BCUT2D eigenvalue weighted by atomic mass is 16.5. The molecule has 3 heteroatoms. The van der Waals surface area contributed by atoms with Crippen LogP contribution in [0.2, 0.25) is 0 Å². The largest absolute Gasteiger partial charge is 0.496 e. The van der Waals surface area contributed by atoms with Gasteiger partial charge >= 0.3 is 0 Å². The van der Waals surface area contributed by atoms with Gasteiger partial charge < -0.3 is 14.4 Å². The smallest absolute Gasteiger partial charge is 0.128 e. The van der Waals surface area contributed by atoms with E-state index in [-0.39, 0.29) is 0 Å². The van der Waals surface area contributed by atoms with Crippen molar-refractivity contribution in [1.82, 2.24) is 4.57 Å². The van der Waals surface area contributed by atoms with Gasteiger partial charge in [0, 0.05) is 24.7 Å². The van der Waals surface area contributed by atoms with Crippen molar-refractivity contribution in [1.29, 1.82) is 0 Å². The Hall–Kier alpha value is -1.48. The van der Waals surface area contributed by atoms with Crippen LogP contribution in [0.15, 0.2) is 30.5 Å². The number of ether oxygens (including phenoxy) is 1. The Morgan fingerprint density at radius 3 is 2.72 bits per heavy atom. The van der Waals surface area contributed by atoms with Gasteiger partial charge in [0.2, 0.25) is 0 Å². The normalized spacial score (nSPS) is 11.0. The van der Waals surface area contributed by atoms with E-state index >= 15 is 0 Å². The molecule has 98 valence electrons. The Balaban J connectivity index is 2.01. The van der Waals surface area contributed by atoms with Gasteiger partial charge in [-0.2, -0.15) is 0 Å². The summed E-state index contributed by atoms with van der Waals surface area (Å²) in [5, 5.41) is 9.91. The summed E-state index contributed by atoms with van der Waals surface area (Å²) >= 11 is 0. The molecule has 1 aromatic heterocycles. The van der Waals surface area contributed by atoms with E-state index in [4.69, 9.17) is 9.84 Å². The third-order valence-electron chi connectivity index (χ3n) is 3.30. The summed E-state index contributed by atoms with van der Waals surface area (Å²) in [4.78, 5) is 0. The van der Waals surface area contributed by atoms with Gasteiger partial charge in [0.1, 0.15) is 5.75 Å². The highest BCUT2D eigenvalue weighted by molar-refractivity contribution is 5.86. The summed E-state index contributed by atoms with van der Waals surface area (Å²) in [7, 11) is 1.71. The summed E-state index contributed by atoms with van der Waals surface area (Å²) in [6, 6.07) is 8.27. The number of hydrogen-bond donors (Lipinski definition) is 1. The Morgan fingerprint density at radius 2 is 1.94 bits per heavy atom. The van der Waals surface area contributed by atoms with Gasteiger partial charge in [-0.05, 0) is 31.0 Å². The fraction of sp³-hybridized carbons (Fsp3) is 0.467. The molecule has 0 amide bonds. The van der Waals surface area contributed by atoms with Crippen LogP contribution in [0.25, 0.3) is 10.9 Å². The number of aromatic nitrogens is 1. The zero-order valence-corrected chi connectivity index (χ0v) is 10.9. The monoisotopic (exact) mass is 247 g/mol. The van der Waals surface area contributed by atoms with Gasteiger partial charge in [-0.25, -0.2) is 0 Å². The van der Waals surface area contributed by atoms with E-state index < -0.39 is 0 Å². The first-order valence-corrected chi connectivity index (χ1v) is 6.59. The molecule has 0 radical (unpaired) electrons. The maximum atomic E-state index is 8.73. The van der Waals surface area contributed by atoms with Crippen molar-refractivity contribution in [3.63, 3.8) is 0 Å². The van der Waals surface area contributed by atoms with Crippen molar-refractivity contribution >= 4 is 10.9 Å². The average molecular weight is 247 g/mol. The van der Waals surface area contributed by atoms with Gasteiger partial charge in [-0.15, -0.1) is 0 Å². The first-order chi connectivity index (χ1) is 8.86. The fourth-order valence-corrected chi connectivity index (χ4v) is 2.32. The van der Waals surface area contributed by atoms with E-state index in [1.54, 1.807) is 7.11 Å². The molecule has 0 atom stereocenters. The molecular weight excluding hydrogens is 226 g/mol. The number of aryl methyl sites for hydroxylation is 1. The lowest BCUT2D eigenvalue weighted by Crippen LogP contribution is -1.96. The second-order valence-corrected chi connectivity index (χ2v) is 4.54. The van der Waals surface area contributed by atoms with Crippen LogP contribution in [0.3, 0.4) is 0 Å². The van der Waals surface area contributed by atoms with Crippen LogP contribution in [0, 0.1) is 0 Å². The van der Waals surface area contributed by atoms with Crippen molar-refractivity contribution < 1.29 is 9.84 Å². The zero-order chi connectivity index (χ0) is 12.8. The maximum Gasteiger partial charge on any atom is 0.128 e. The number of benzene rings is 1. The first-order valence-electron chi connectivity index (χ1n) is 6.59. The van der Waals surface area contributed by atoms with E-state index in [0.29, 0.717) is 6.61 Å². The molecule has 0 aliphatic heterocycles. The molecule has 1 aromatic carbocycles. The highest BCUT2D eigenvalue weighted by Gasteiger charge is 2.05. The van der Waals surface area contributed by atoms with Crippen LogP contribution in [0.4, 0.5) is 0 Å². The van der Waals surface area contributed by atoms with Crippen LogP contribution >= 0.6 is 0 Å². The molecule has 0 unspecified atom stereocenters. The SMILES string of the molecule is COc1cccc2c1ccn2CCCCCCO. The Kier molecular flexibility index (Phi) is 4.65. The minimum Gasteiger partial charge on any atom is -0.496 e. The number of methoxy groups -OCH3 is 1. The molecule has 0 saturated heterocycles. The van der Waals surface area contributed by atoms with Crippen molar-refractivity contribution in [3.8, 4) is 5.75 Å². The summed E-state index contributed by atoms with van der Waals surface area (Å²) in [6.07, 6.45) is 6.48. The predicted octanol–water partition coefficient (Wildman–Crippen LogP) is 3.20. The lowest BCUT2D eigenvalue weighted by Gasteiger charge is -2.06. The van der Waals surface area contributed by atoms with E-state index in [2.05, 4.69) is 22.9 Å². The topological polar surface area (TPSA) is 34.4 Å². The van der Waals surface area contributed by atoms with E-state index in [1.165, 1.54) is 17.3 Å². The number of nitrogens with zero attached hydrogens (tertiary/aromatic N) is 1. The van der Waals surface area contributed by atoms with Gasteiger partial charge in [0.05, 0.1) is 12.6 Å². The first kappa shape index (κ1) is 13.0. The molecule has 0 saturated carbocycles. The Labute approximate surface area is 108 Å². The summed E-state index contributed by atoms with van der Waals surface area (Å²) in [5.41, 5.74) is 1.23. The number of aliphatic hydroxyl groups is 1. The Morgan fingerprint density at radius 1 is 1.11 bits per heavy atom. The number of fused-ring (bicyclic) bond motifs is 1. The lowest BCUT2D eigenvalue weighted by atomic mass is 10.2. The number of unbranched alkanes of at least 4 members (excludes halogenated alkanes) is 3. The highest BCUT2D eigenvalue weighted by Crippen LogP contribution is 2.26. The molecule has 1 heterocycles. The van der Waals surface area contributed by atoms with Crippen molar-refractivity contribution in [2.45, 2.75) is 32.2 Å². The minimum atomic E-state index is 0.309. The molecule has 0 aliphatic carbocycles. The van der Waals surface area contributed by atoms with Gasteiger partial charge in [0.15, 0.2) is 0 Å². The zero-order valence-electron chi connectivity index (χ0n) is 10.9. The van der Waals surface area contributed by atoms with E-state index in [0.717, 1.165) is 31.6 Å². The third-order valence-corrected chi connectivity index (χ3v) is 3.30. The third kappa shape index (κ3) is 2.85. The molecule has 0 bridgehead atoms. The molecule has 2 rings (SSSR count). The molecule has 0 fully saturated rings. The van der Waals surface area contributed by atoms with E-state index in [1.807, 2.05) is 12.1 Å². The van der Waals surface area contributed by atoms with Gasteiger partial charge in [0.25, 0.3) is 0 Å². The fourth-order valence-electron chi connectivity index (χ4n) is 2.32. The van der Waals surface area contributed by atoms with Gasteiger partial charge in [-0.3, -0.25) is 0 Å². The molecule has 0 spiro atoms. The number of hydrogen-bond acceptors (Lipinski definition) is 2. The predicted molar refractivity (Wildman–Crippen MR) is 74.0 cm³/mol. The van der Waals surface area contributed by atoms with Crippen LogP contribution in [-0.2, 0) is 6.54 Å². The number of rotatable bonds is 7. The van der Waals surface area contributed by atoms with Crippen molar-refractivity contribution in [2.24, 2.45) is 0 Å². The molecule has 3 nitrogen and oxygen atoms in total. The van der Waals surface area contributed by atoms with Crippen LogP contribution in [0.1, 0.15) is 25.7 Å². The van der Waals surface area contributed by atoms with Crippen molar-refractivity contribution in [2.75, 3.05) is 13.7 Å². The maximum absolute atomic E-state index is 8.73. The molecular formula is C15H21NO2. The molecule has 2 aromatic rings. The van der Waals surface area contributed by atoms with Crippen LogP contribution in [0.5, 0.6) is 5.75 Å². The second-order valence-electron chi connectivity index (χ2n) is 4.54. The van der Waals surface area contributed by atoms with Crippen LogP contribution in [-0.4, -0.2) is 23.4 Å². The molecule has 0 aliphatic rings. The molecule has 1 N–H and O–H groups in total. The second kappa shape index (κ2) is 6.45. The summed E-state index contributed by atoms with van der Waals surface area (Å²) < 4.78 is 7.63. The summed E-state index contributed by atoms with van der Waals surface area (Å²) in [5.74, 6) is 0.937. The number of aliphatic hydroxyl groups excluding tert-OH is 1. The standard InChI is InChI=1S/C15H21NO2/c1-18-15-8-6-7-14-13(15)9-11-16(14)10-4-2-3-5-12-17/h6-9,11,17H,2-5,10,12H2,1H3.